The van der Waals surface area contributed by atoms with Crippen molar-refractivity contribution in [3.05, 3.63) is 71.9 Å². The van der Waals surface area contributed by atoms with E-state index in [-0.39, 0.29) is 18.2 Å². The summed E-state index contributed by atoms with van der Waals surface area (Å²) in [5, 5.41) is 13.3. The zero-order chi connectivity index (χ0) is 17.9. The summed E-state index contributed by atoms with van der Waals surface area (Å²) >= 11 is 0. The first-order valence-electron chi connectivity index (χ1n) is 7.87. The third-order valence-corrected chi connectivity index (χ3v) is 4.02. The maximum atomic E-state index is 12.9. The molecule has 2 N–H and O–H groups in total. The number of aliphatic hydroxyl groups is 1. The van der Waals surface area contributed by atoms with Crippen LogP contribution in [0.5, 0.6) is 0 Å². The van der Waals surface area contributed by atoms with Crippen LogP contribution in [0.4, 0.5) is 18.9 Å². The summed E-state index contributed by atoms with van der Waals surface area (Å²) in [5.74, 6) is 0. The average molecular weight is 346 g/mol. The van der Waals surface area contributed by atoms with Gasteiger partial charge in [0.05, 0.1) is 17.1 Å². The quantitative estimate of drug-likeness (QED) is 0.698. The molecule has 0 saturated heterocycles. The van der Waals surface area contributed by atoms with Gasteiger partial charge >= 0.3 is 6.18 Å². The summed E-state index contributed by atoms with van der Waals surface area (Å²) in [6.07, 6.45) is -2.44. The van der Waals surface area contributed by atoms with E-state index in [4.69, 9.17) is 0 Å². The maximum Gasteiger partial charge on any atom is 0.416 e. The zero-order valence-corrected chi connectivity index (χ0v) is 13.3. The van der Waals surface area contributed by atoms with Crippen LogP contribution in [0.3, 0.4) is 0 Å². The highest BCUT2D eigenvalue weighted by Gasteiger charge is 2.30. The van der Waals surface area contributed by atoms with E-state index >= 15 is 0 Å². The standard InChI is InChI=1S/C19H17F3N2O/c20-19(21,22)14-6-7-15-17(8-10-23-18(15)12-14)24-16(9-11-25)13-4-2-1-3-5-13/h1-8,10,12,16,25H,9,11H2,(H,23,24)/t16-/m1/s1. The van der Waals surface area contributed by atoms with Gasteiger partial charge in [-0.25, -0.2) is 0 Å². The molecule has 3 rings (SSSR count). The molecule has 6 heteroatoms. The van der Waals surface area contributed by atoms with Crippen LogP contribution < -0.4 is 5.32 Å². The molecule has 3 nitrogen and oxygen atoms in total. The Hall–Kier alpha value is -2.60. The van der Waals surface area contributed by atoms with Gasteiger partial charge in [-0.2, -0.15) is 13.2 Å². The van der Waals surface area contributed by atoms with Crippen LogP contribution in [0.2, 0.25) is 0 Å². The minimum absolute atomic E-state index is 0.00615. The van der Waals surface area contributed by atoms with Crippen LogP contribution in [-0.2, 0) is 6.18 Å². The lowest BCUT2D eigenvalue weighted by atomic mass is 10.0. The molecular formula is C19H17F3N2O. The van der Waals surface area contributed by atoms with Crippen molar-refractivity contribution in [2.75, 3.05) is 11.9 Å². The third-order valence-electron chi connectivity index (χ3n) is 4.02. The van der Waals surface area contributed by atoms with Gasteiger partial charge in [0.2, 0.25) is 0 Å². The summed E-state index contributed by atoms with van der Waals surface area (Å²) in [6, 6.07) is 14.7. The number of anilines is 1. The summed E-state index contributed by atoms with van der Waals surface area (Å²) in [5.41, 5.74) is 1.23. The van der Waals surface area contributed by atoms with Gasteiger partial charge < -0.3 is 10.4 Å². The molecule has 25 heavy (non-hydrogen) atoms. The molecule has 130 valence electrons. The second-order valence-corrected chi connectivity index (χ2v) is 5.71. The highest BCUT2D eigenvalue weighted by atomic mass is 19.4. The molecule has 0 unspecified atom stereocenters. The van der Waals surface area contributed by atoms with Crippen molar-refractivity contribution in [2.45, 2.75) is 18.6 Å². The Morgan fingerprint density at radius 1 is 1.04 bits per heavy atom. The molecule has 0 bridgehead atoms. The number of nitrogens with one attached hydrogen (secondary N) is 1. The van der Waals surface area contributed by atoms with Gasteiger partial charge in [-0.15, -0.1) is 0 Å². The van der Waals surface area contributed by atoms with Crippen molar-refractivity contribution in [3.8, 4) is 0 Å². The van der Waals surface area contributed by atoms with Crippen molar-refractivity contribution in [1.29, 1.82) is 0 Å². The Kier molecular flexibility index (Phi) is 4.90. The van der Waals surface area contributed by atoms with Crippen molar-refractivity contribution >= 4 is 16.6 Å². The third kappa shape index (κ3) is 3.91. The van der Waals surface area contributed by atoms with Gasteiger partial charge in [-0.1, -0.05) is 36.4 Å². The van der Waals surface area contributed by atoms with E-state index in [9.17, 15) is 18.3 Å². The lowest BCUT2D eigenvalue weighted by Crippen LogP contribution is -2.13. The molecule has 0 aliphatic rings. The molecule has 1 heterocycles. The normalized spacial score (nSPS) is 13.0. The monoisotopic (exact) mass is 346 g/mol. The SMILES string of the molecule is OCC[C@@H](Nc1ccnc2cc(C(F)(F)F)ccc12)c1ccccc1. The largest absolute Gasteiger partial charge is 0.416 e. The van der Waals surface area contributed by atoms with Crippen LogP contribution in [0, 0.1) is 0 Å². The highest BCUT2D eigenvalue weighted by Crippen LogP contribution is 2.33. The van der Waals surface area contributed by atoms with Crippen LogP contribution in [-0.4, -0.2) is 16.7 Å². The van der Waals surface area contributed by atoms with E-state index in [2.05, 4.69) is 10.3 Å². The molecule has 0 aliphatic carbocycles. The summed E-state index contributed by atoms with van der Waals surface area (Å²) in [6.45, 7) is -0.00615. The van der Waals surface area contributed by atoms with Gasteiger partial charge in [-0.05, 0) is 30.2 Å². The number of aliphatic hydroxyl groups excluding tert-OH is 1. The fourth-order valence-electron chi connectivity index (χ4n) is 2.77. The van der Waals surface area contributed by atoms with Crippen molar-refractivity contribution in [1.82, 2.24) is 4.98 Å². The first kappa shape index (κ1) is 17.2. The Labute approximate surface area is 143 Å². The van der Waals surface area contributed by atoms with Crippen molar-refractivity contribution in [3.63, 3.8) is 0 Å². The van der Waals surface area contributed by atoms with Gasteiger partial charge in [-0.3, -0.25) is 4.98 Å². The number of hydrogen-bond donors (Lipinski definition) is 2. The summed E-state index contributed by atoms with van der Waals surface area (Å²) in [4.78, 5) is 4.05. The fraction of sp³-hybridized carbons (Fsp3) is 0.211. The van der Waals surface area contributed by atoms with E-state index < -0.39 is 11.7 Å². The molecule has 0 spiro atoms. The number of rotatable bonds is 5. The van der Waals surface area contributed by atoms with Gasteiger partial charge in [0.1, 0.15) is 0 Å². The number of pyridine rings is 1. The van der Waals surface area contributed by atoms with Crippen LogP contribution >= 0.6 is 0 Å². The van der Waals surface area contributed by atoms with E-state index in [0.29, 0.717) is 17.5 Å². The average Bonchev–Trinajstić information content (AvgIpc) is 2.61. The van der Waals surface area contributed by atoms with Crippen LogP contribution in [0.25, 0.3) is 10.9 Å². The lowest BCUT2D eigenvalue weighted by Gasteiger charge is -2.21. The Morgan fingerprint density at radius 2 is 1.80 bits per heavy atom. The number of halogens is 3. The molecule has 1 atom stereocenters. The minimum Gasteiger partial charge on any atom is -0.396 e. The van der Waals surface area contributed by atoms with Gasteiger partial charge in [0.25, 0.3) is 0 Å². The molecule has 2 aromatic carbocycles. The predicted molar refractivity (Wildman–Crippen MR) is 91.3 cm³/mol. The minimum atomic E-state index is -4.40. The number of fused-ring (bicyclic) bond motifs is 1. The molecule has 0 saturated carbocycles. The second-order valence-electron chi connectivity index (χ2n) is 5.71. The summed E-state index contributed by atoms with van der Waals surface area (Å²) in [7, 11) is 0. The molecule has 0 aliphatic heterocycles. The maximum absolute atomic E-state index is 12.9. The molecule has 0 amide bonds. The number of aromatic nitrogens is 1. The number of nitrogens with zero attached hydrogens (tertiary/aromatic N) is 1. The molecule has 0 fully saturated rings. The van der Waals surface area contributed by atoms with E-state index in [1.54, 1.807) is 6.07 Å². The highest BCUT2D eigenvalue weighted by molar-refractivity contribution is 5.91. The summed E-state index contributed by atoms with van der Waals surface area (Å²) < 4.78 is 38.6. The van der Waals surface area contributed by atoms with Crippen LogP contribution in [0.1, 0.15) is 23.6 Å². The number of benzene rings is 2. The zero-order valence-electron chi connectivity index (χ0n) is 13.3. The topological polar surface area (TPSA) is 45.1 Å². The fourth-order valence-corrected chi connectivity index (χ4v) is 2.77. The smallest absolute Gasteiger partial charge is 0.396 e. The van der Waals surface area contributed by atoms with Crippen molar-refractivity contribution in [2.24, 2.45) is 0 Å². The van der Waals surface area contributed by atoms with Crippen molar-refractivity contribution < 1.29 is 18.3 Å². The Bertz CT molecular complexity index is 850. The lowest BCUT2D eigenvalue weighted by molar-refractivity contribution is -0.137. The van der Waals surface area contributed by atoms with Crippen LogP contribution in [0.15, 0.2) is 60.8 Å². The Morgan fingerprint density at radius 3 is 2.48 bits per heavy atom. The number of hydrogen-bond acceptors (Lipinski definition) is 3. The van der Waals surface area contributed by atoms with E-state index in [1.807, 2.05) is 30.3 Å². The Balaban J connectivity index is 1.97. The molecule has 0 radical (unpaired) electrons. The predicted octanol–water partition coefficient (Wildman–Crippen LogP) is 4.79. The second kappa shape index (κ2) is 7.11. The van der Waals surface area contributed by atoms with E-state index in [0.717, 1.165) is 17.7 Å². The first-order chi connectivity index (χ1) is 12.0. The number of alkyl halides is 3. The molecular weight excluding hydrogens is 329 g/mol. The molecule has 3 aromatic rings. The first-order valence-corrected chi connectivity index (χ1v) is 7.87. The van der Waals surface area contributed by atoms with Gasteiger partial charge in [0, 0.05) is 23.9 Å². The van der Waals surface area contributed by atoms with Gasteiger partial charge in [0.15, 0.2) is 0 Å². The van der Waals surface area contributed by atoms with E-state index in [1.165, 1.54) is 12.3 Å². The molecule has 1 aromatic heterocycles.